The Hall–Kier alpha value is -3.27. The molecule has 2 aromatic carbocycles. The summed E-state index contributed by atoms with van der Waals surface area (Å²) in [5.74, 6) is -0.766. The van der Waals surface area contributed by atoms with Crippen LogP contribution in [0.15, 0.2) is 53.9 Å². The van der Waals surface area contributed by atoms with Crippen molar-refractivity contribution in [2.45, 2.75) is 12.6 Å². The third-order valence-corrected chi connectivity index (χ3v) is 5.25. The summed E-state index contributed by atoms with van der Waals surface area (Å²) >= 11 is 1.32. The molecule has 0 fully saturated rings. The molecule has 5 nitrogen and oxygen atoms in total. The van der Waals surface area contributed by atoms with Crippen LogP contribution in [-0.2, 0) is 12.6 Å². The van der Waals surface area contributed by atoms with Gasteiger partial charge in [0.1, 0.15) is 5.82 Å². The van der Waals surface area contributed by atoms with E-state index in [0.717, 1.165) is 17.8 Å². The molecule has 1 amide bonds. The third-order valence-electron chi connectivity index (χ3n) is 4.38. The number of nitrogens with one attached hydrogen (secondary N) is 1. The number of hydrogen-bond donors (Lipinski definition) is 1. The molecular weight excluding hydrogens is 420 g/mol. The quantitative estimate of drug-likeness (QED) is 0.468. The number of hydrogen-bond acceptors (Lipinski definition) is 4. The molecule has 4 aromatic rings. The van der Waals surface area contributed by atoms with Crippen molar-refractivity contribution >= 4 is 22.2 Å². The first-order chi connectivity index (χ1) is 14.3. The summed E-state index contributed by atoms with van der Waals surface area (Å²) in [6.07, 6.45) is -4.13. The maximum Gasteiger partial charge on any atom is 0.416 e. The number of benzene rings is 2. The zero-order valence-corrected chi connectivity index (χ0v) is 16.1. The Morgan fingerprint density at radius 1 is 1.13 bits per heavy atom. The lowest BCUT2D eigenvalue weighted by Crippen LogP contribution is -2.26. The number of carbonyl (C=O) groups excluding carboxylic acids is 1. The Balaban J connectivity index is 1.44. The topological polar surface area (TPSA) is 59.3 Å². The van der Waals surface area contributed by atoms with Gasteiger partial charge in [-0.05, 0) is 30.3 Å². The summed E-state index contributed by atoms with van der Waals surface area (Å²) in [4.78, 5) is 17.1. The SMILES string of the molecule is O=C(NCCc1csc2nc(-c3ccccc3F)nn12)c1cccc(C(F)(F)F)c1. The van der Waals surface area contributed by atoms with Crippen molar-refractivity contribution in [2.75, 3.05) is 6.54 Å². The molecular formula is C20H14F4N4OS. The van der Waals surface area contributed by atoms with Crippen LogP contribution in [0.2, 0.25) is 0 Å². The zero-order chi connectivity index (χ0) is 21.3. The number of nitrogens with zero attached hydrogens (tertiary/aromatic N) is 3. The van der Waals surface area contributed by atoms with Crippen LogP contribution in [0.25, 0.3) is 16.3 Å². The summed E-state index contributed by atoms with van der Waals surface area (Å²) in [5, 5.41) is 8.76. The van der Waals surface area contributed by atoms with E-state index >= 15 is 0 Å². The Morgan fingerprint density at radius 3 is 2.70 bits per heavy atom. The van der Waals surface area contributed by atoms with Crippen LogP contribution in [0, 0.1) is 5.82 Å². The first-order valence-electron chi connectivity index (χ1n) is 8.86. The number of carbonyl (C=O) groups is 1. The van der Waals surface area contributed by atoms with Gasteiger partial charge in [0.25, 0.3) is 5.91 Å². The number of amides is 1. The minimum absolute atomic E-state index is 0.0668. The van der Waals surface area contributed by atoms with Gasteiger partial charge in [-0.3, -0.25) is 4.79 Å². The van der Waals surface area contributed by atoms with E-state index in [1.54, 1.807) is 22.7 Å². The highest BCUT2D eigenvalue weighted by atomic mass is 32.1. The summed E-state index contributed by atoms with van der Waals surface area (Å²) < 4.78 is 53.9. The monoisotopic (exact) mass is 434 g/mol. The standard InChI is InChI=1S/C20H14F4N4OS/c21-16-7-2-1-6-15(16)17-26-19-28(27-17)14(11-30-19)8-9-25-18(29)12-4-3-5-13(10-12)20(22,23)24/h1-7,10-11H,8-9H2,(H,25,29). The molecule has 4 rings (SSSR count). The first kappa shape index (κ1) is 20.0. The van der Waals surface area contributed by atoms with Gasteiger partial charge in [-0.1, -0.05) is 18.2 Å². The molecule has 1 N–H and O–H groups in total. The van der Waals surface area contributed by atoms with Gasteiger partial charge in [-0.15, -0.1) is 16.4 Å². The molecule has 0 radical (unpaired) electrons. The highest BCUT2D eigenvalue weighted by Crippen LogP contribution is 2.29. The van der Waals surface area contributed by atoms with E-state index in [1.807, 2.05) is 5.38 Å². The summed E-state index contributed by atoms with van der Waals surface area (Å²) in [6, 6.07) is 10.4. The van der Waals surface area contributed by atoms with Crippen molar-refractivity contribution in [3.05, 3.63) is 76.5 Å². The van der Waals surface area contributed by atoms with Gasteiger partial charge < -0.3 is 5.32 Å². The minimum atomic E-state index is -4.51. The maximum atomic E-state index is 14.0. The van der Waals surface area contributed by atoms with Gasteiger partial charge in [0.2, 0.25) is 4.96 Å². The van der Waals surface area contributed by atoms with Crippen LogP contribution in [0.4, 0.5) is 17.6 Å². The van der Waals surface area contributed by atoms with Crippen LogP contribution < -0.4 is 5.32 Å². The van der Waals surface area contributed by atoms with Gasteiger partial charge in [0.15, 0.2) is 5.82 Å². The van der Waals surface area contributed by atoms with Gasteiger partial charge in [0.05, 0.1) is 16.8 Å². The van der Waals surface area contributed by atoms with Gasteiger partial charge in [-0.2, -0.15) is 18.2 Å². The van der Waals surface area contributed by atoms with E-state index in [1.165, 1.54) is 29.5 Å². The average molecular weight is 434 g/mol. The molecule has 0 aliphatic rings. The first-order valence-corrected chi connectivity index (χ1v) is 9.74. The van der Waals surface area contributed by atoms with Crippen molar-refractivity contribution in [3.8, 4) is 11.4 Å². The molecule has 0 saturated carbocycles. The number of halogens is 4. The van der Waals surface area contributed by atoms with Crippen LogP contribution in [-0.4, -0.2) is 27.0 Å². The highest BCUT2D eigenvalue weighted by molar-refractivity contribution is 7.15. The molecule has 0 unspecified atom stereocenters. The van der Waals surface area contributed by atoms with E-state index in [4.69, 9.17) is 0 Å². The number of alkyl halides is 3. The largest absolute Gasteiger partial charge is 0.416 e. The Labute approximate surface area is 172 Å². The fraction of sp³-hybridized carbons (Fsp3) is 0.150. The number of aromatic nitrogens is 3. The fourth-order valence-corrected chi connectivity index (χ4v) is 3.75. The third kappa shape index (κ3) is 4.04. The number of thiazole rings is 1. The molecule has 0 aliphatic heterocycles. The predicted molar refractivity (Wildman–Crippen MR) is 104 cm³/mol. The van der Waals surface area contributed by atoms with Crippen molar-refractivity contribution in [1.29, 1.82) is 0 Å². The molecule has 30 heavy (non-hydrogen) atoms. The smallest absolute Gasteiger partial charge is 0.352 e. The zero-order valence-electron chi connectivity index (χ0n) is 15.3. The second-order valence-electron chi connectivity index (χ2n) is 6.42. The Kier molecular flexibility index (Phi) is 5.25. The van der Waals surface area contributed by atoms with Crippen LogP contribution in [0.1, 0.15) is 21.6 Å². The summed E-state index contributed by atoms with van der Waals surface area (Å²) in [5.41, 5.74) is 0.0903. The highest BCUT2D eigenvalue weighted by Gasteiger charge is 2.30. The van der Waals surface area contributed by atoms with Gasteiger partial charge in [-0.25, -0.2) is 8.91 Å². The minimum Gasteiger partial charge on any atom is -0.352 e. The van der Waals surface area contributed by atoms with Crippen molar-refractivity contribution in [3.63, 3.8) is 0 Å². The van der Waals surface area contributed by atoms with Crippen molar-refractivity contribution in [1.82, 2.24) is 19.9 Å². The van der Waals surface area contributed by atoms with Crippen molar-refractivity contribution < 1.29 is 22.4 Å². The summed E-state index contributed by atoms with van der Waals surface area (Å²) in [7, 11) is 0. The molecule has 0 aliphatic carbocycles. The van der Waals surface area contributed by atoms with Gasteiger partial charge >= 0.3 is 6.18 Å². The van der Waals surface area contributed by atoms with Crippen molar-refractivity contribution in [2.24, 2.45) is 0 Å². The van der Waals surface area contributed by atoms with Crippen LogP contribution in [0.5, 0.6) is 0 Å². The Bertz CT molecular complexity index is 1210. The van der Waals surface area contributed by atoms with E-state index in [2.05, 4.69) is 15.4 Å². The molecule has 0 bridgehead atoms. The van der Waals surface area contributed by atoms with E-state index < -0.39 is 23.5 Å². The second kappa shape index (κ2) is 7.86. The van der Waals surface area contributed by atoms with E-state index in [-0.39, 0.29) is 23.5 Å². The molecule has 0 saturated heterocycles. The predicted octanol–water partition coefficient (Wildman–Crippen LogP) is 4.59. The second-order valence-corrected chi connectivity index (χ2v) is 7.26. The van der Waals surface area contributed by atoms with Crippen LogP contribution >= 0.6 is 11.3 Å². The lowest BCUT2D eigenvalue weighted by Gasteiger charge is -2.09. The summed E-state index contributed by atoms with van der Waals surface area (Å²) in [6.45, 7) is 0.190. The lowest BCUT2D eigenvalue weighted by molar-refractivity contribution is -0.137. The average Bonchev–Trinajstić information content (AvgIpc) is 3.29. The van der Waals surface area contributed by atoms with Crippen LogP contribution in [0.3, 0.4) is 0 Å². The molecule has 2 aromatic heterocycles. The Morgan fingerprint density at radius 2 is 1.93 bits per heavy atom. The molecule has 10 heteroatoms. The molecule has 2 heterocycles. The van der Waals surface area contributed by atoms with E-state index in [9.17, 15) is 22.4 Å². The van der Waals surface area contributed by atoms with E-state index in [0.29, 0.717) is 11.4 Å². The normalized spacial score (nSPS) is 11.7. The maximum absolute atomic E-state index is 14.0. The lowest BCUT2D eigenvalue weighted by atomic mass is 10.1. The van der Waals surface area contributed by atoms with Gasteiger partial charge in [0, 0.05) is 23.9 Å². The molecule has 0 atom stereocenters. The fourth-order valence-electron chi connectivity index (χ4n) is 2.90. The molecule has 154 valence electrons. The molecule has 0 spiro atoms. The number of rotatable bonds is 5. The number of fused-ring (bicyclic) bond motifs is 1.